The maximum absolute atomic E-state index is 13.8. The maximum atomic E-state index is 13.8. The first-order chi connectivity index (χ1) is 14.8. The molecule has 190 valence electrons. The summed E-state index contributed by atoms with van der Waals surface area (Å²) in [5.74, 6) is -0.224. The van der Waals surface area contributed by atoms with Crippen LogP contribution in [0.25, 0.3) is 0 Å². The maximum Gasteiger partial charge on any atom is 0.252 e. The molecule has 0 amide bonds. The van der Waals surface area contributed by atoms with Crippen LogP contribution in [-0.2, 0) is 0 Å². The van der Waals surface area contributed by atoms with Gasteiger partial charge in [-0.3, -0.25) is 0 Å². The van der Waals surface area contributed by atoms with Crippen LogP contribution in [0.4, 0.5) is 8.78 Å². The van der Waals surface area contributed by atoms with E-state index in [9.17, 15) is 8.78 Å². The molecule has 0 radical (unpaired) electrons. The molecule has 0 aliphatic heterocycles. The smallest absolute Gasteiger partial charge is 0.207 e. The van der Waals surface area contributed by atoms with Gasteiger partial charge in [0.1, 0.15) is 0 Å². The van der Waals surface area contributed by atoms with Crippen LogP contribution in [0.15, 0.2) is 24.8 Å². The first-order valence-electron chi connectivity index (χ1n) is 12.2. The molecule has 0 fully saturated rings. The molecule has 0 saturated heterocycles. The predicted octanol–water partition coefficient (Wildman–Crippen LogP) is 11.1. The number of terminal acetylenes is 1. The van der Waals surface area contributed by atoms with Crippen LogP contribution < -0.4 is 0 Å². The largest absolute Gasteiger partial charge is 0.252 e. The third kappa shape index (κ3) is 26.4. The van der Waals surface area contributed by atoms with Gasteiger partial charge in [0, 0.05) is 5.92 Å². The minimum Gasteiger partial charge on any atom is -0.207 e. The number of hydrogen-bond acceptors (Lipinski definition) is 0. The number of halogens is 2. The van der Waals surface area contributed by atoms with Gasteiger partial charge in [0.2, 0.25) is 0 Å². The average molecular weight is 455 g/mol. The quantitative estimate of drug-likeness (QED) is 0.306. The van der Waals surface area contributed by atoms with Crippen LogP contribution >= 0.6 is 0 Å². The predicted molar refractivity (Wildman–Crippen MR) is 147 cm³/mol. The van der Waals surface area contributed by atoms with Crippen molar-refractivity contribution >= 4 is 0 Å². The normalized spacial score (nSPS) is 9.88. The molecule has 0 heterocycles. The minimum absolute atomic E-state index is 0.559. The van der Waals surface area contributed by atoms with Crippen molar-refractivity contribution < 1.29 is 8.78 Å². The summed E-state index contributed by atoms with van der Waals surface area (Å²) in [5, 5.41) is 0. The monoisotopic (exact) mass is 454 g/mol. The number of alkyl halides is 2. The van der Waals surface area contributed by atoms with E-state index >= 15 is 0 Å². The third-order valence-corrected chi connectivity index (χ3v) is 3.72. The van der Waals surface area contributed by atoms with E-state index < -0.39 is 11.8 Å². The van der Waals surface area contributed by atoms with Crippen molar-refractivity contribution in [3.63, 3.8) is 0 Å². The van der Waals surface area contributed by atoms with Gasteiger partial charge in [-0.1, -0.05) is 86.4 Å². The van der Waals surface area contributed by atoms with Crippen LogP contribution in [0.2, 0.25) is 0 Å². The van der Waals surface area contributed by atoms with Gasteiger partial charge >= 0.3 is 0 Å². The first-order valence-corrected chi connectivity index (χ1v) is 12.2. The zero-order chi connectivity index (χ0) is 26.9. The summed E-state index contributed by atoms with van der Waals surface area (Å²) in [6.45, 7) is 30.4. The molecule has 0 nitrogen and oxygen atoms in total. The second-order valence-corrected chi connectivity index (χ2v) is 7.87. The van der Waals surface area contributed by atoms with Crippen molar-refractivity contribution in [2.24, 2.45) is 5.92 Å². The fourth-order valence-corrected chi connectivity index (χ4v) is 2.45. The molecule has 32 heavy (non-hydrogen) atoms. The number of benzene rings is 1. The summed E-state index contributed by atoms with van der Waals surface area (Å²) < 4.78 is 27.6. The van der Waals surface area contributed by atoms with Gasteiger partial charge in [0.15, 0.2) is 0 Å². The summed E-state index contributed by atoms with van der Waals surface area (Å²) in [6.07, 6.45) is 8.71. The van der Waals surface area contributed by atoms with E-state index in [1.165, 1.54) is 5.56 Å². The van der Waals surface area contributed by atoms with Crippen LogP contribution in [0.3, 0.4) is 0 Å². The number of unbranched alkanes of at least 4 members (excludes halogenated alkanes) is 1. The van der Waals surface area contributed by atoms with Gasteiger partial charge in [0.05, 0.1) is 0 Å². The number of hydrogen-bond donors (Lipinski definition) is 0. The fraction of sp³-hybridized carbons (Fsp3) is 0.667. The van der Waals surface area contributed by atoms with Crippen molar-refractivity contribution in [3.8, 4) is 12.3 Å². The Morgan fingerprint density at radius 3 is 1.59 bits per heavy atom. The lowest BCUT2D eigenvalue weighted by Gasteiger charge is -2.26. The van der Waals surface area contributed by atoms with Crippen molar-refractivity contribution in [3.05, 3.63) is 47.0 Å². The van der Waals surface area contributed by atoms with E-state index in [0.29, 0.717) is 6.42 Å². The van der Waals surface area contributed by atoms with E-state index in [2.05, 4.69) is 39.7 Å². The third-order valence-electron chi connectivity index (χ3n) is 3.72. The molecule has 0 aromatic heterocycles. The molecular weight excluding hydrogens is 398 g/mol. The molecule has 2 heteroatoms. The Labute approximate surface area is 202 Å². The highest BCUT2D eigenvalue weighted by Crippen LogP contribution is 2.39. The Bertz CT molecular complexity index is 555. The van der Waals surface area contributed by atoms with Crippen LogP contribution in [0.1, 0.15) is 124 Å². The van der Waals surface area contributed by atoms with Gasteiger partial charge in [0.25, 0.3) is 5.92 Å². The Hall–Kier alpha value is -1.62. The second kappa shape index (κ2) is 27.4. The van der Waals surface area contributed by atoms with E-state index in [1.807, 2.05) is 74.4 Å². The Morgan fingerprint density at radius 1 is 1.00 bits per heavy atom. The Balaban J connectivity index is -0.000000144. The van der Waals surface area contributed by atoms with Gasteiger partial charge in [-0.2, -0.15) is 0 Å². The number of rotatable bonds is 5. The molecular formula is C30H56F2. The molecule has 1 rings (SSSR count). The Morgan fingerprint density at radius 2 is 1.31 bits per heavy atom. The number of allylic oxidation sites excluding steroid dienone is 1. The molecule has 1 aromatic rings. The van der Waals surface area contributed by atoms with Crippen LogP contribution in [0.5, 0.6) is 0 Å². The van der Waals surface area contributed by atoms with E-state index in [1.54, 1.807) is 13.0 Å². The molecule has 1 aromatic carbocycles. The molecule has 0 spiro atoms. The first kappa shape index (κ1) is 40.7. The molecule has 1 unspecified atom stereocenters. The highest BCUT2D eigenvalue weighted by Gasteiger charge is 2.35. The lowest BCUT2D eigenvalue weighted by molar-refractivity contribution is -0.0116. The van der Waals surface area contributed by atoms with Crippen LogP contribution in [0, 0.1) is 39.0 Å². The SMILES string of the molecule is C#CC.C=CC.CC.CC.CC(C)C.CCCCC(c1cc(C)c(C)cc1C)C(C)(F)F. The molecule has 0 aliphatic carbocycles. The lowest BCUT2D eigenvalue weighted by atomic mass is 9.84. The summed E-state index contributed by atoms with van der Waals surface area (Å²) in [4.78, 5) is 0. The van der Waals surface area contributed by atoms with E-state index in [-0.39, 0.29) is 0 Å². The standard InChI is InChI=1S/C16H24F2.C4H10.C3H6.C3H4.2C2H6/c1-6-7-8-15(16(5,17)18)14-10-12(3)11(2)9-13(14)4;1-4(2)3;2*1-3-2;2*1-2/h9-10,15H,6-8H2,1-5H3;4H,1-3H3;3H,1H2,2H3;1H,2H3;2*1-2H3. The molecule has 0 aliphatic rings. The Kier molecular flexibility index (Phi) is 34.9. The molecule has 0 N–H and O–H groups in total. The van der Waals surface area contributed by atoms with E-state index in [0.717, 1.165) is 42.4 Å². The molecule has 1 atom stereocenters. The van der Waals surface area contributed by atoms with Gasteiger partial charge < -0.3 is 0 Å². The summed E-state index contributed by atoms with van der Waals surface area (Å²) in [7, 11) is 0. The van der Waals surface area contributed by atoms with Crippen molar-refractivity contribution in [2.45, 2.75) is 128 Å². The zero-order valence-electron chi connectivity index (χ0n) is 24.0. The fourth-order valence-electron chi connectivity index (χ4n) is 2.45. The second-order valence-electron chi connectivity index (χ2n) is 7.87. The molecule has 0 bridgehead atoms. The zero-order valence-corrected chi connectivity index (χ0v) is 24.0. The minimum atomic E-state index is -2.65. The van der Waals surface area contributed by atoms with E-state index in [4.69, 9.17) is 0 Å². The van der Waals surface area contributed by atoms with Crippen LogP contribution in [-0.4, -0.2) is 5.92 Å². The summed E-state index contributed by atoms with van der Waals surface area (Å²) in [5.41, 5.74) is 4.08. The highest BCUT2D eigenvalue weighted by atomic mass is 19.3. The molecule has 0 saturated carbocycles. The van der Waals surface area contributed by atoms with Crippen molar-refractivity contribution in [1.29, 1.82) is 0 Å². The average Bonchev–Trinajstić information content (AvgIpc) is 2.69. The van der Waals surface area contributed by atoms with Gasteiger partial charge in [-0.05, 0) is 76.1 Å². The van der Waals surface area contributed by atoms with Gasteiger partial charge in [-0.15, -0.1) is 18.9 Å². The van der Waals surface area contributed by atoms with Crippen molar-refractivity contribution in [1.82, 2.24) is 0 Å². The van der Waals surface area contributed by atoms with Crippen molar-refractivity contribution in [2.75, 3.05) is 0 Å². The summed E-state index contributed by atoms with van der Waals surface area (Å²) >= 11 is 0. The number of aryl methyl sites for hydroxylation is 3. The van der Waals surface area contributed by atoms with Gasteiger partial charge in [-0.25, -0.2) is 8.78 Å². The highest BCUT2D eigenvalue weighted by molar-refractivity contribution is 5.39. The summed E-state index contributed by atoms with van der Waals surface area (Å²) in [6, 6.07) is 3.97. The lowest BCUT2D eigenvalue weighted by Crippen LogP contribution is -2.23. The topological polar surface area (TPSA) is 0 Å².